The lowest BCUT2D eigenvalue weighted by Gasteiger charge is -2.21. The van der Waals surface area contributed by atoms with Crippen LogP contribution in [0.3, 0.4) is 0 Å². The van der Waals surface area contributed by atoms with Crippen molar-refractivity contribution in [3.8, 4) is 0 Å². The first-order chi connectivity index (χ1) is 13.8. The Morgan fingerprint density at radius 2 is 1.68 bits per heavy atom. The van der Waals surface area contributed by atoms with Crippen LogP contribution < -0.4 is 0 Å². The van der Waals surface area contributed by atoms with E-state index < -0.39 is 0 Å². The number of nitrogens with zero attached hydrogens (tertiary/aromatic N) is 2. The van der Waals surface area contributed by atoms with E-state index in [9.17, 15) is 4.79 Å². The summed E-state index contributed by atoms with van der Waals surface area (Å²) in [4.78, 5) is 13.8. The lowest BCUT2D eigenvalue weighted by Crippen LogP contribution is -2.26. The number of rotatable bonds is 3. The van der Waals surface area contributed by atoms with Gasteiger partial charge in [-0.1, -0.05) is 72.8 Å². The number of hydrogen-bond acceptors (Lipinski definition) is 3. The van der Waals surface area contributed by atoms with E-state index in [-0.39, 0.29) is 11.9 Å². The summed E-state index contributed by atoms with van der Waals surface area (Å²) >= 11 is 1.45. The molecule has 1 aliphatic rings. The molecule has 0 saturated carbocycles. The fourth-order valence-corrected chi connectivity index (χ4v) is 4.34. The molecule has 0 saturated heterocycles. The van der Waals surface area contributed by atoms with Crippen molar-refractivity contribution in [3.05, 3.63) is 106 Å². The third-order valence-corrected chi connectivity index (χ3v) is 5.98. The molecule has 4 aromatic rings. The van der Waals surface area contributed by atoms with E-state index in [1.54, 1.807) is 5.01 Å². The molecule has 1 atom stereocenters. The summed E-state index contributed by atoms with van der Waals surface area (Å²) in [6.07, 6.45) is 0.708. The Labute approximate surface area is 167 Å². The predicted octanol–water partition coefficient (Wildman–Crippen LogP) is 5.89. The first-order valence-corrected chi connectivity index (χ1v) is 10.2. The van der Waals surface area contributed by atoms with Gasteiger partial charge in [0.05, 0.1) is 16.6 Å². The monoisotopic (exact) mass is 382 g/mol. The van der Waals surface area contributed by atoms with E-state index in [0.29, 0.717) is 11.3 Å². The fourth-order valence-electron chi connectivity index (χ4n) is 3.69. The number of amides is 1. The molecule has 3 nitrogen and oxygen atoms in total. The maximum Gasteiger partial charge on any atom is 0.284 e. The number of carbonyl (C=O) groups is 1. The first kappa shape index (κ1) is 16.9. The summed E-state index contributed by atoms with van der Waals surface area (Å²) in [7, 11) is 0. The van der Waals surface area contributed by atoms with Crippen LogP contribution in [0, 0.1) is 0 Å². The van der Waals surface area contributed by atoms with E-state index in [2.05, 4.69) is 42.5 Å². The van der Waals surface area contributed by atoms with Crippen LogP contribution in [-0.4, -0.2) is 16.6 Å². The molecule has 1 aliphatic heterocycles. The summed E-state index contributed by atoms with van der Waals surface area (Å²) in [6, 6.07) is 28.5. The van der Waals surface area contributed by atoms with Gasteiger partial charge >= 0.3 is 0 Å². The molecule has 5 rings (SSSR count). The van der Waals surface area contributed by atoms with Crippen LogP contribution in [0.15, 0.2) is 95.4 Å². The average molecular weight is 382 g/mol. The summed E-state index contributed by atoms with van der Waals surface area (Å²) < 4.78 is 0. The molecule has 0 radical (unpaired) electrons. The van der Waals surface area contributed by atoms with E-state index in [0.717, 1.165) is 16.8 Å². The lowest BCUT2D eigenvalue weighted by molar-refractivity contribution is 0.0716. The zero-order chi connectivity index (χ0) is 18.9. The summed E-state index contributed by atoms with van der Waals surface area (Å²) in [6.45, 7) is 0. The predicted molar refractivity (Wildman–Crippen MR) is 115 cm³/mol. The normalized spacial score (nSPS) is 16.4. The standard InChI is InChI=1S/C24H18N2OS/c27-24(23-11-6-14-28-23)26-22(18-8-2-1-3-9-18)16-21(25-26)20-13-12-17-7-4-5-10-19(17)15-20/h1-15,22H,16H2/t22-/m1/s1. The molecular formula is C24H18N2OS. The topological polar surface area (TPSA) is 32.7 Å². The molecule has 0 aliphatic carbocycles. The van der Waals surface area contributed by atoms with Gasteiger partial charge in [-0.05, 0) is 39.4 Å². The van der Waals surface area contributed by atoms with Crippen molar-refractivity contribution < 1.29 is 4.79 Å². The van der Waals surface area contributed by atoms with Crippen LogP contribution in [0.4, 0.5) is 0 Å². The van der Waals surface area contributed by atoms with Gasteiger partial charge in [0.1, 0.15) is 0 Å². The first-order valence-electron chi connectivity index (χ1n) is 9.28. The van der Waals surface area contributed by atoms with Gasteiger partial charge < -0.3 is 0 Å². The van der Waals surface area contributed by atoms with E-state index in [1.807, 2.05) is 47.8 Å². The Morgan fingerprint density at radius 1 is 0.893 bits per heavy atom. The Balaban J connectivity index is 1.56. The van der Waals surface area contributed by atoms with Gasteiger partial charge in [0.15, 0.2) is 0 Å². The highest BCUT2D eigenvalue weighted by atomic mass is 32.1. The van der Waals surface area contributed by atoms with Crippen molar-refractivity contribution in [2.75, 3.05) is 0 Å². The Bertz CT molecular complexity index is 1170. The maximum atomic E-state index is 13.1. The minimum atomic E-state index is -0.0859. The maximum absolute atomic E-state index is 13.1. The van der Waals surface area contributed by atoms with Gasteiger partial charge in [-0.3, -0.25) is 4.79 Å². The van der Waals surface area contributed by atoms with E-state index in [4.69, 9.17) is 5.10 Å². The molecule has 0 spiro atoms. The Kier molecular flexibility index (Phi) is 4.26. The number of carbonyl (C=O) groups excluding carboxylic acids is 1. The zero-order valence-corrected chi connectivity index (χ0v) is 16.0. The molecule has 2 heterocycles. The number of fused-ring (bicyclic) bond motifs is 1. The summed E-state index contributed by atoms with van der Waals surface area (Å²) in [5.74, 6) is -0.0420. The highest BCUT2D eigenvalue weighted by molar-refractivity contribution is 7.12. The van der Waals surface area contributed by atoms with Gasteiger partial charge in [-0.15, -0.1) is 11.3 Å². The largest absolute Gasteiger partial charge is 0.284 e. The highest BCUT2D eigenvalue weighted by Crippen LogP contribution is 2.35. The van der Waals surface area contributed by atoms with Crippen LogP contribution in [0.25, 0.3) is 10.8 Å². The number of benzene rings is 3. The minimum absolute atomic E-state index is 0.0420. The molecule has 3 aromatic carbocycles. The zero-order valence-electron chi connectivity index (χ0n) is 15.2. The average Bonchev–Trinajstić information content (AvgIpc) is 3.44. The van der Waals surface area contributed by atoms with Crippen molar-refractivity contribution >= 4 is 33.7 Å². The van der Waals surface area contributed by atoms with Gasteiger partial charge in [0.2, 0.25) is 0 Å². The molecule has 0 unspecified atom stereocenters. The molecule has 0 fully saturated rings. The van der Waals surface area contributed by atoms with E-state index in [1.165, 1.54) is 22.1 Å². The molecule has 0 bridgehead atoms. The SMILES string of the molecule is O=C(c1cccs1)N1N=C(c2ccc3ccccc3c2)C[C@@H]1c1ccccc1. The van der Waals surface area contributed by atoms with Gasteiger partial charge in [-0.2, -0.15) is 5.10 Å². The Morgan fingerprint density at radius 3 is 2.46 bits per heavy atom. The van der Waals surface area contributed by atoms with Crippen molar-refractivity contribution in [3.63, 3.8) is 0 Å². The third-order valence-electron chi connectivity index (χ3n) is 5.12. The summed E-state index contributed by atoms with van der Waals surface area (Å²) in [5.41, 5.74) is 3.12. The Hall–Kier alpha value is -3.24. The van der Waals surface area contributed by atoms with Gasteiger partial charge in [0, 0.05) is 6.42 Å². The van der Waals surface area contributed by atoms with Crippen molar-refractivity contribution in [2.45, 2.75) is 12.5 Å². The molecule has 1 amide bonds. The molecule has 4 heteroatoms. The second kappa shape index (κ2) is 7.06. The van der Waals surface area contributed by atoms with Crippen molar-refractivity contribution in [1.82, 2.24) is 5.01 Å². The number of hydrogen-bond donors (Lipinski definition) is 0. The van der Waals surface area contributed by atoms with Crippen LogP contribution in [0.5, 0.6) is 0 Å². The third kappa shape index (κ3) is 3.02. The molecule has 0 N–H and O–H groups in total. The molecule has 136 valence electrons. The lowest BCUT2D eigenvalue weighted by atomic mass is 9.97. The molecule has 1 aromatic heterocycles. The fraction of sp³-hybridized carbons (Fsp3) is 0.0833. The minimum Gasteiger partial charge on any atom is -0.266 e. The van der Waals surface area contributed by atoms with Crippen molar-refractivity contribution in [2.24, 2.45) is 5.10 Å². The van der Waals surface area contributed by atoms with Crippen LogP contribution in [-0.2, 0) is 0 Å². The van der Waals surface area contributed by atoms with Crippen LogP contribution in [0.2, 0.25) is 0 Å². The number of hydrazone groups is 1. The summed E-state index contributed by atoms with van der Waals surface area (Å²) in [5, 5.41) is 10.8. The van der Waals surface area contributed by atoms with Crippen LogP contribution in [0.1, 0.15) is 33.3 Å². The molecular weight excluding hydrogens is 364 g/mol. The van der Waals surface area contributed by atoms with Gasteiger partial charge in [-0.25, -0.2) is 5.01 Å². The van der Waals surface area contributed by atoms with Crippen LogP contribution >= 0.6 is 11.3 Å². The van der Waals surface area contributed by atoms with Crippen molar-refractivity contribution in [1.29, 1.82) is 0 Å². The quantitative estimate of drug-likeness (QED) is 0.435. The second-order valence-electron chi connectivity index (χ2n) is 6.87. The second-order valence-corrected chi connectivity index (χ2v) is 7.81. The highest BCUT2D eigenvalue weighted by Gasteiger charge is 2.33. The van der Waals surface area contributed by atoms with E-state index >= 15 is 0 Å². The molecule has 28 heavy (non-hydrogen) atoms. The van der Waals surface area contributed by atoms with Gasteiger partial charge in [0.25, 0.3) is 5.91 Å². The smallest absolute Gasteiger partial charge is 0.266 e. The number of thiophene rings is 1.